The first-order valence-electron chi connectivity index (χ1n) is 9.65. The average Bonchev–Trinajstić information content (AvgIpc) is 3.49. The minimum absolute atomic E-state index is 0.0452. The molecule has 0 spiro atoms. The van der Waals surface area contributed by atoms with Gasteiger partial charge in [0, 0.05) is 0 Å². The normalized spacial score (nSPS) is 24.5. The number of piperazine rings is 1. The molecule has 1 aliphatic heterocycles. The monoisotopic (exact) mass is 376 g/mol. The lowest BCUT2D eigenvalue weighted by atomic mass is 9.98. The zero-order valence-corrected chi connectivity index (χ0v) is 16.1. The fourth-order valence-corrected chi connectivity index (χ4v) is 3.91. The second-order valence-electron chi connectivity index (χ2n) is 7.95. The van der Waals surface area contributed by atoms with Crippen molar-refractivity contribution in [3.05, 3.63) is 29.6 Å². The molecule has 7 heteroatoms. The van der Waals surface area contributed by atoms with Crippen molar-refractivity contribution in [3.63, 3.8) is 0 Å². The zero-order chi connectivity index (χ0) is 19.4. The molecule has 1 heterocycles. The predicted octanol–water partition coefficient (Wildman–Crippen LogP) is -1.07. The minimum atomic E-state index is -0.725. The molecule has 3 N–H and O–H groups in total. The molecule has 2 aliphatic rings. The van der Waals surface area contributed by atoms with Gasteiger partial charge in [0.05, 0.1) is 18.7 Å². The van der Waals surface area contributed by atoms with E-state index in [1.54, 1.807) is 19.2 Å². The Labute approximate surface area is 159 Å². The molecule has 1 amide bonds. The van der Waals surface area contributed by atoms with Crippen LogP contribution < -0.4 is 19.9 Å². The highest BCUT2D eigenvalue weighted by Crippen LogP contribution is 2.39. The molecule has 3 rings (SSSR count). The number of amides is 1. The molecule has 0 radical (unpaired) electrons. The lowest BCUT2D eigenvalue weighted by Gasteiger charge is -2.30. The van der Waals surface area contributed by atoms with E-state index in [0.29, 0.717) is 24.8 Å². The van der Waals surface area contributed by atoms with Gasteiger partial charge in [-0.2, -0.15) is 5.26 Å². The van der Waals surface area contributed by atoms with Crippen LogP contribution in [0.4, 0.5) is 4.39 Å². The van der Waals surface area contributed by atoms with Crippen molar-refractivity contribution >= 4 is 5.91 Å². The average molecular weight is 376 g/mol. The predicted molar refractivity (Wildman–Crippen MR) is 97.8 cm³/mol. The third-order valence-electron chi connectivity index (χ3n) is 5.78. The Balaban J connectivity index is 1.47. The molecule has 6 nitrogen and oxygen atoms in total. The number of ether oxygens (including phenoxy) is 1. The van der Waals surface area contributed by atoms with Gasteiger partial charge in [0.2, 0.25) is 0 Å². The number of hydrogen-bond acceptors (Lipinski definition) is 3. The molecule has 1 saturated heterocycles. The van der Waals surface area contributed by atoms with Crippen molar-refractivity contribution < 1.29 is 23.7 Å². The first-order valence-corrected chi connectivity index (χ1v) is 9.65. The molecular formula is C20H29FN4O2+2. The van der Waals surface area contributed by atoms with E-state index in [-0.39, 0.29) is 11.7 Å². The summed E-state index contributed by atoms with van der Waals surface area (Å²) in [4.78, 5) is 15.0. The van der Waals surface area contributed by atoms with E-state index in [4.69, 9.17) is 4.74 Å². The Kier molecular flexibility index (Phi) is 5.98. The summed E-state index contributed by atoms with van der Waals surface area (Å²) in [7, 11) is 1.60. The number of hydrogen-bond donors (Lipinski definition) is 3. The summed E-state index contributed by atoms with van der Waals surface area (Å²) >= 11 is 0. The van der Waals surface area contributed by atoms with E-state index in [1.165, 1.54) is 15.9 Å². The maximum Gasteiger partial charge on any atom is 0.276 e. The van der Waals surface area contributed by atoms with Crippen molar-refractivity contribution in [1.82, 2.24) is 5.32 Å². The maximum atomic E-state index is 13.5. The van der Waals surface area contributed by atoms with Crippen molar-refractivity contribution in [3.8, 4) is 11.8 Å². The number of benzene rings is 1. The standard InChI is InChI=1S/C20H27FN4O2/c1-20(14-22,16-3-4-16)23-19(26)13-25-9-7-24(8-10-25)12-15-11-17(21)5-6-18(15)27-2/h5-6,11,16H,3-4,7-10,12-13H2,1-2H3,(H,23,26)/p+2/t20-/m1/s1. The molecule has 1 aliphatic carbocycles. The summed E-state index contributed by atoms with van der Waals surface area (Å²) in [6.07, 6.45) is 2.03. The Hall–Kier alpha value is -2.17. The zero-order valence-electron chi connectivity index (χ0n) is 16.1. The summed E-state index contributed by atoms with van der Waals surface area (Å²) in [5.41, 5.74) is 0.153. The third-order valence-corrected chi connectivity index (χ3v) is 5.78. The van der Waals surface area contributed by atoms with Gasteiger partial charge in [-0.25, -0.2) is 4.39 Å². The van der Waals surface area contributed by atoms with Crippen LogP contribution >= 0.6 is 0 Å². The van der Waals surface area contributed by atoms with Gasteiger partial charge in [-0.1, -0.05) is 0 Å². The highest BCUT2D eigenvalue weighted by molar-refractivity contribution is 5.78. The Bertz CT molecular complexity index is 723. The van der Waals surface area contributed by atoms with Gasteiger partial charge in [0.25, 0.3) is 5.91 Å². The van der Waals surface area contributed by atoms with E-state index < -0.39 is 5.54 Å². The number of quaternary nitrogens is 2. The first-order chi connectivity index (χ1) is 12.9. The van der Waals surface area contributed by atoms with Crippen LogP contribution in [0, 0.1) is 23.1 Å². The summed E-state index contributed by atoms with van der Waals surface area (Å²) in [5, 5.41) is 12.3. The van der Waals surface area contributed by atoms with Crippen LogP contribution in [-0.4, -0.2) is 51.3 Å². The minimum Gasteiger partial charge on any atom is -0.496 e. The number of nitriles is 1. The number of halogens is 1. The SMILES string of the molecule is COc1ccc(F)cc1C[NH+]1CC[NH+](CC(=O)N[C@](C)(C#N)C2CC2)CC1. The van der Waals surface area contributed by atoms with Gasteiger partial charge < -0.3 is 19.9 Å². The van der Waals surface area contributed by atoms with Crippen LogP contribution in [0.2, 0.25) is 0 Å². The molecule has 2 fully saturated rings. The van der Waals surface area contributed by atoms with E-state index in [9.17, 15) is 14.4 Å². The number of nitrogens with zero attached hydrogens (tertiary/aromatic N) is 1. The molecule has 0 bridgehead atoms. The van der Waals surface area contributed by atoms with Crippen LogP contribution in [-0.2, 0) is 11.3 Å². The van der Waals surface area contributed by atoms with E-state index >= 15 is 0 Å². The summed E-state index contributed by atoms with van der Waals surface area (Å²) in [6.45, 7) is 6.54. The van der Waals surface area contributed by atoms with Crippen molar-refractivity contribution in [1.29, 1.82) is 5.26 Å². The largest absolute Gasteiger partial charge is 0.496 e. The van der Waals surface area contributed by atoms with Gasteiger partial charge >= 0.3 is 0 Å². The maximum absolute atomic E-state index is 13.5. The van der Waals surface area contributed by atoms with Crippen molar-refractivity contribution in [2.75, 3.05) is 39.8 Å². The number of carbonyl (C=O) groups excluding carboxylic acids is 1. The second-order valence-corrected chi connectivity index (χ2v) is 7.95. The molecule has 0 aromatic heterocycles. The van der Waals surface area contributed by atoms with E-state index in [1.807, 2.05) is 6.92 Å². The molecule has 27 heavy (non-hydrogen) atoms. The van der Waals surface area contributed by atoms with Crippen molar-refractivity contribution in [2.24, 2.45) is 5.92 Å². The smallest absolute Gasteiger partial charge is 0.276 e. The first kappa shape index (κ1) is 19.6. The van der Waals surface area contributed by atoms with Crippen LogP contribution in [0.3, 0.4) is 0 Å². The van der Waals surface area contributed by atoms with Crippen molar-refractivity contribution in [2.45, 2.75) is 31.8 Å². The number of methoxy groups -OCH3 is 1. The van der Waals surface area contributed by atoms with Crippen LogP contribution in [0.1, 0.15) is 25.3 Å². The van der Waals surface area contributed by atoms with Gasteiger partial charge in [0.15, 0.2) is 6.54 Å². The van der Waals surface area contributed by atoms with Gasteiger partial charge in [-0.15, -0.1) is 0 Å². The molecule has 1 atom stereocenters. The van der Waals surface area contributed by atoms with E-state index in [0.717, 1.165) is 44.6 Å². The molecule has 0 unspecified atom stereocenters. The fourth-order valence-electron chi connectivity index (χ4n) is 3.91. The summed E-state index contributed by atoms with van der Waals surface area (Å²) in [5.74, 6) is 0.719. The quantitative estimate of drug-likeness (QED) is 0.567. The molecule has 1 aromatic rings. The Morgan fingerprint density at radius 1 is 1.33 bits per heavy atom. The molecular weight excluding hydrogens is 347 g/mol. The Morgan fingerprint density at radius 2 is 2.00 bits per heavy atom. The van der Waals surface area contributed by atoms with E-state index in [2.05, 4.69) is 11.4 Å². The number of nitrogens with one attached hydrogen (secondary N) is 3. The van der Waals surface area contributed by atoms with Crippen LogP contribution in [0.5, 0.6) is 5.75 Å². The van der Waals surface area contributed by atoms with Gasteiger partial charge in [0.1, 0.15) is 49.8 Å². The summed E-state index contributed by atoms with van der Waals surface area (Å²) < 4.78 is 18.9. The highest BCUT2D eigenvalue weighted by atomic mass is 19.1. The topological polar surface area (TPSA) is 71.0 Å². The second kappa shape index (κ2) is 8.24. The fraction of sp³-hybridized carbons (Fsp3) is 0.600. The third kappa shape index (κ3) is 4.96. The lowest BCUT2D eigenvalue weighted by Crippen LogP contribution is -3.28. The van der Waals surface area contributed by atoms with Crippen LogP contribution in [0.15, 0.2) is 18.2 Å². The number of rotatable bonds is 7. The molecule has 1 saturated carbocycles. The van der Waals surface area contributed by atoms with Gasteiger partial charge in [-0.3, -0.25) is 4.79 Å². The molecule has 146 valence electrons. The Morgan fingerprint density at radius 3 is 2.59 bits per heavy atom. The lowest BCUT2D eigenvalue weighted by molar-refractivity contribution is -1.02. The molecule has 1 aromatic carbocycles. The summed E-state index contributed by atoms with van der Waals surface area (Å²) in [6, 6.07) is 6.89. The van der Waals surface area contributed by atoms with Crippen LogP contribution in [0.25, 0.3) is 0 Å². The highest BCUT2D eigenvalue weighted by Gasteiger charge is 2.43. The number of carbonyl (C=O) groups is 1. The van der Waals surface area contributed by atoms with Gasteiger partial charge in [-0.05, 0) is 43.9 Å².